The van der Waals surface area contributed by atoms with E-state index in [9.17, 15) is 9.18 Å². The number of thioether (sulfide) groups is 1. The van der Waals surface area contributed by atoms with E-state index in [-0.39, 0.29) is 11.7 Å². The van der Waals surface area contributed by atoms with E-state index in [1.54, 1.807) is 23.0 Å². The molecule has 0 aliphatic carbocycles. The van der Waals surface area contributed by atoms with Crippen LogP contribution in [-0.4, -0.2) is 46.1 Å². The van der Waals surface area contributed by atoms with Crippen molar-refractivity contribution in [2.45, 2.75) is 11.6 Å². The molecule has 1 fully saturated rings. The lowest BCUT2D eigenvalue weighted by atomic mass is 10.1. The maximum atomic E-state index is 13.0. The van der Waals surface area contributed by atoms with Crippen LogP contribution in [0.4, 0.5) is 10.1 Å². The van der Waals surface area contributed by atoms with Gasteiger partial charge < -0.3 is 14.8 Å². The first-order valence-electron chi connectivity index (χ1n) is 7.86. The van der Waals surface area contributed by atoms with Crippen molar-refractivity contribution in [1.82, 2.24) is 20.1 Å². The second kappa shape index (κ2) is 7.65. The molecule has 1 aromatic heterocycles. The standard InChI is InChI=1S/C16H20FN5OS/c1-21-11-19-20-16(21)24-10-15(23)18-8-12-6-7-22(9-12)14-4-2-13(17)3-5-14/h2-5,11-12H,6-10H2,1H3,(H,18,23)/t12-/m1/s1. The van der Waals surface area contributed by atoms with Crippen molar-refractivity contribution in [3.63, 3.8) is 0 Å². The Bertz CT molecular complexity index is 690. The molecule has 1 aliphatic rings. The summed E-state index contributed by atoms with van der Waals surface area (Å²) in [5.74, 6) is 0.533. The van der Waals surface area contributed by atoms with Gasteiger partial charge in [0.15, 0.2) is 5.16 Å². The van der Waals surface area contributed by atoms with Crippen molar-refractivity contribution in [1.29, 1.82) is 0 Å². The molecular weight excluding hydrogens is 329 g/mol. The number of aryl methyl sites for hydroxylation is 1. The first-order valence-corrected chi connectivity index (χ1v) is 8.84. The van der Waals surface area contributed by atoms with E-state index in [4.69, 9.17) is 0 Å². The van der Waals surface area contributed by atoms with E-state index >= 15 is 0 Å². The van der Waals surface area contributed by atoms with Crippen molar-refractivity contribution in [2.75, 3.05) is 30.3 Å². The minimum atomic E-state index is -0.220. The van der Waals surface area contributed by atoms with Crippen LogP contribution in [0.15, 0.2) is 35.7 Å². The van der Waals surface area contributed by atoms with E-state index in [1.807, 2.05) is 7.05 Å². The summed E-state index contributed by atoms with van der Waals surface area (Å²) in [4.78, 5) is 14.2. The Morgan fingerprint density at radius 1 is 1.42 bits per heavy atom. The van der Waals surface area contributed by atoms with Crippen LogP contribution < -0.4 is 10.2 Å². The molecule has 0 saturated carbocycles. The Morgan fingerprint density at radius 3 is 2.92 bits per heavy atom. The maximum absolute atomic E-state index is 13.0. The molecule has 0 spiro atoms. The van der Waals surface area contributed by atoms with Crippen LogP contribution in [0.1, 0.15) is 6.42 Å². The number of amides is 1. The Hall–Kier alpha value is -2.09. The van der Waals surface area contributed by atoms with Gasteiger partial charge in [-0.1, -0.05) is 11.8 Å². The fourth-order valence-electron chi connectivity index (χ4n) is 2.73. The van der Waals surface area contributed by atoms with Crippen LogP contribution in [0.25, 0.3) is 0 Å². The van der Waals surface area contributed by atoms with Crippen LogP contribution in [0.2, 0.25) is 0 Å². The van der Waals surface area contributed by atoms with Gasteiger partial charge in [-0.25, -0.2) is 4.39 Å². The van der Waals surface area contributed by atoms with E-state index in [2.05, 4.69) is 20.4 Å². The van der Waals surface area contributed by atoms with Gasteiger partial charge in [0.05, 0.1) is 5.75 Å². The number of nitrogens with one attached hydrogen (secondary N) is 1. The number of benzene rings is 1. The van der Waals surface area contributed by atoms with Gasteiger partial charge in [-0.15, -0.1) is 10.2 Å². The fraction of sp³-hybridized carbons (Fsp3) is 0.438. The molecule has 1 saturated heterocycles. The molecule has 128 valence electrons. The highest BCUT2D eigenvalue weighted by Crippen LogP contribution is 2.23. The van der Waals surface area contributed by atoms with Crippen LogP contribution in [0, 0.1) is 11.7 Å². The predicted octanol–water partition coefficient (Wildman–Crippen LogP) is 1.69. The average Bonchev–Trinajstić information content (AvgIpc) is 3.21. The number of rotatable bonds is 6. The van der Waals surface area contributed by atoms with E-state index in [0.717, 1.165) is 30.4 Å². The Labute approximate surface area is 144 Å². The highest BCUT2D eigenvalue weighted by molar-refractivity contribution is 7.99. The third kappa shape index (κ3) is 4.25. The Kier molecular flexibility index (Phi) is 5.34. The zero-order valence-electron chi connectivity index (χ0n) is 13.5. The van der Waals surface area contributed by atoms with Gasteiger partial charge in [0.2, 0.25) is 5.91 Å². The summed E-state index contributed by atoms with van der Waals surface area (Å²) in [5, 5.41) is 11.4. The average molecular weight is 349 g/mol. The van der Waals surface area contributed by atoms with Crippen LogP contribution in [-0.2, 0) is 11.8 Å². The summed E-state index contributed by atoms with van der Waals surface area (Å²) in [7, 11) is 1.85. The quantitative estimate of drug-likeness (QED) is 0.804. The SMILES string of the molecule is Cn1cnnc1SCC(=O)NC[C@H]1CCN(c2ccc(F)cc2)C1. The lowest BCUT2D eigenvalue weighted by Gasteiger charge is -2.18. The van der Waals surface area contributed by atoms with Crippen molar-refractivity contribution < 1.29 is 9.18 Å². The smallest absolute Gasteiger partial charge is 0.230 e. The molecule has 0 radical (unpaired) electrons. The van der Waals surface area contributed by atoms with Crippen molar-refractivity contribution >= 4 is 23.4 Å². The van der Waals surface area contributed by atoms with Crippen molar-refractivity contribution in [3.05, 3.63) is 36.4 Å². The second-order valence-corrected chi connectivity index (χ2v) is 6.84. The molecular formula is C16H20FN5OS. The van der Waals surface area contributed by atoms with Crippen molar-refractivity contribution in [3.8, 4) is 0 Å². The van der Waals surface area contributed by atoms with Crippen LogP contribution >= 0.6 is 11.8 Å². The fourth-order valence-corrected chi connectivity index (χ4v) is 3.45. The number of aromatic nitrogens is 3. The minimum absolute atomic E-state index is 0.00299. The predicted molar refractivity (Wildman–Crippen MR) is 91.5 cm³/mol. The molecule has 1 N–H and O–H groups in total. The molecule has 2 heterocycles. The summed E-state index contributed by atoms with van der Waals surface area (Å²) < 4.78 is 14.8. The number of hydrogen-bond acceptors (Lipinski definition) is 5. The van der Waals surface area contributed by atoms with Gasteiger partial charge in [0.25, 0.3) is 0 Å². The zero-order chi connectivity index (χ0) is 16.9. The van der Waals surface area contributed by atoms with Gasteiger partial charge in [0.1, 0.15) is 12.1 Å². The number of carbonyl (C=O) groups excluding carboxylic acids is 1. The normalized spacial score (nSPS) is 17.2. The van der Waals surface area contributed by atoms with E-state index in [1.165, 1.54) is 23.9 Å². The highest BCUT2D eigenvalue weighted by Gasteiger charge is 2.23. The number of hydrogen-bond donors (Lipinski definition) is 1. The zero-order valence-corrected chi connectivity index (χ0v) is 14.3. The number of halogens is 1. The van der Waals surface area contributed by atoms with Crippen LogP contribution in [0.5, 0.6) is 0 Å². The lowest BCUT2D eigenvalue weighted by Crippen LogP contribution is -2.32. The second-order valence-electron chi connectivity index (χ2n) is 5.89. The molecule has 1 aliphatic heterocycles. The molecule has 8 heteroatoms. The van der Waals surface area contributed by atoms with Gasteiger partial charge in [-0.3, -0.25) is 4.79 Å². The monoisotopic (exact) mass is 349 g/mol. The maximum Gasteiger partial charge on any atom is 0.230 e. The Balaban J connectivity index is 1.40. The molecule has 1 atom stereocenters. The topological polar surface area (TPSA) is 63.1 Å². The molecule has 6 nitrogen and oxygen atoms in total. The van der Waals surface area contributed by atoms with Gasteiger partial charge in [-0.2, -0.15) is 0 Å². The summed E-state index contributed by atoms with van der Waals surface area (Å²) >= 11 is 1.37. The Morgan fingerprint density at radius 2 is 2.21 bits per heavy atom. The van der Waals surface area contributed by atoms with Gasteiger partial charge in [0, 0.05) is 32.4 Å². The summed E-state index contributed by atoms with van der Waals surface area (Å²) in [6, 6.07) is 6.56. The number of anilines is 1. The molecule has 3 rings (SSSR count). The molecule has 2 aromatic rings. The number of carbonyl (C=O) groups is 1. The molecule has 0 unspecified atom stereocenters. The summed E-state index contributed by atoms with van der Waals surface area (Å²) in [5.41, 5.74) is 1.03. The lowest BCUT2D eigenvalue weighted by molar-refractivity contribution is -0.118. The first kappa shape index (κ1) is 16.8. The molecule has 24 heavy (non-hydrogen) atoms. The third-order valence-electron chi connectivity index (χ3n) is 4.07. The summed E-state index contributed by atoms with van der Waals surface area (Å²) in [6.45, 7) is 2.47. The van der Waals surface area contributed by atoms with Crippen molar-refractivity contribution in [2.24, 2.45) is 13.0 Å². The highest BCUT2D eigenvalue weighted by atomic mass is 32.2. The summed E-state index contributed by atoms with van der Waals surface area (Å²) in [6.07, 6.45) is 2.64. The van der Waals surface area contributed by atoms with Gasteiger partial charge in [-0.05, 0) is 36.6 Å². The molecule has 1 aromatic carbocycles. The van der Waals surface area contributed by atoms with Crippen LogP contribution in [0.3, 0.4) is 0 Å². The van der Waals surface area contributed by atoms with E-state index in [0.29, 0.717) is 18.2 Å². The largest absolute Gasteiger partial charge is 0.371 e. The molecule has 1 amide bonds. The van der Waals surface area contributed by atoms with Gasteiger partial charge >= 0.3 is 0 Å². The van der Waals surface area contributed by atoms with E-state index < -0.39 is 0 Å². The number of nitrogens with zero attached hydrogens (tertiary/aromatic N) is 4. The molecule has 0 bridgehead atoms. The minimum Gasteiger partial charge on any atom is -0.371 e. The first-order chi connectivity index (χ1) is 11.6. The third-order valence-corrected chi connectivity index (χ3v) is 5.10.